The van der Waals surface area contributed by atoms with Gasteiger partial charge in [-0.2, -0.15) is 4.37 Å². The van der Waals surface area contributed by atoms with Gasteiger partial charge in [0.25, 0.3) is 5.91 Å². The molecule has 1 aromatic carbocycles. The zero-order valence-corrected chi connectivity index (χ0v) is 11.1. The summed E-state index contributed by atoms with van der Waals surface area (Å²) in [5.74, 6) is -0.962. The fourth-order valence-electron chi connectivity index (χ4n) is 2.78. The van der Waals surface area contributed by atoms with Gasteiger partial charge in [0, 0.05) is 11.8 Å². The van der Waals surface area contributed by atoms with Crippen LogP contribution in [0.1, 0.15) is 23.3 Å². The summed E-state index contributed by atoms with van der Waals surface area (Å²) in [7, 11) is 0. The number of nitrogens with zero attached hydrogens (tertiary/aromatic N) is 2. The van der Waals surface area contributed by atoms with Gasteiger partial charge in [-0.3, -0.25) is 24.6 Å². The Labute approximate surface area is 117 Å². The number of hydrogen-bond acceptors (Lipinski definition) is 5. The van der Waals surface area contributed by atoms with Crippen molar-refractivity contribution in [2.45, 2.75) is 18.9 Å². The smallest absolute Gasteiger partial charge is 0.279 e. The highest BCUT2D eigenvalue weighted by Crippen LogP contribution is 2.40. The number of rotatable bonds is 1. The molecule has 7 heteroatoms. The lowest BCUT2D eigenvalue weighted by Gasteiger charge is -2.30. The number of aromatic nitrogens is 1. The first-order valence-corrected chi connectivity index (χ1v) is 7.00. The maximum absolute atomic E-state index is 12.5. The van der Waals surface area contributed by atoms with Gasteiger partial charge >= 0.3 is 0 Å². The molecule has 0 bridgehead atoms. The Morgan fingerprint density at radius 1 is 1.30 bits per heavy atom. The van der Waals surface area contributed by atoms with Gasteiger partial charge in [-0.15, -0.1) is 0 Å². The number of piperidine rings is 1. The lowest BCUT2D eigenvalue weighted by atomic mass is 10.0. The molecule has 2 aliphatic rings. The van der Waals surface area contributed by atoms with Gasteiger partial charge in [-0.1, -0.05) is 6.07 Å². The second-order valence-electron chi connectivity index (χ2n) is 4.82. The largest absolute Gasteiger partial charge is 0.295 e. The molecule has 1 atom stereocenters. The Kier molecular flexibility index (Phi) is 2.23. The van der Waals surface area contributed by atoms with E-state index >= 15 is 0 Å². The first-order chi connectivity index (χ1) is 9.66. The normalized spacial score (nSPS) is 21.7. The zero-order valence-electron chi connectivity index (χ0n) is 10.3. The highest BCUT2D eigenvalue weighted by molar-refractivity contribution is 7.13. The molecule has 3 amide bonds. The highest BCUT2D eigenvalue weighted by atomic mass is 32.1. The number of imide groups is 1. The van der Waals surface area contributed by atoms with Gasteiger partial charge in [-0.25, -0.2) is 0 Å². The molecule has 20 heavy (non-hydrogen) atoms. The summed E-state index contributed by atoms with van der Waals surface area (Å²) in [6.45, 7) is 0. The van der Waals surface area contributed by atoms with E-state index in [9.17, 15) is 14.4 Å². The number of anilines is 1. The van der Waals surface area contributed by atoms with E-state index < -0.39 is 11.9 Å². The van der Waals surface area contributed by atoms with Crippen LogP contribution in [0, 0.1) is 0 Å². The van der Waals surface area contributed by atoms with Gasteiger partial charge < -0.3 is 0 Å². The predicted octanol–water partition coefficient (Wildman–Crippen LogP) is 1.06. The molecule has 2 aromatic rings. The van der Waals surface area contributed by atoms with E-state index in [2.05, 4.69) is 9.69 Å². The highest BCUT2D eigenvalue weighted by Gasteiger charge is 2.41. The number of nitrogens with one attached hydrogen (secondary N) is 1. The Bertz CT molecular complexity index is 782. The van der Waals surface area contributed by atoms with Gasteiger partial charge in [0.15, 0.2) is 5.69 Å². The summed E-state index contributed by atoms with van der Waals surface area (Å²) >= 11 is 1.28. The van der Waals surface area contributed by atoms with Crippen LogP contribution >= 0.6 is 11.5 Å². The van der Waals surface area contributed by atoms with E-state index in [1.54, 1.807) is 0 Å². The standard InChI is InChI=1S/C13H9N3O3S/c17-9-5-4-7(12(18)14-9)16-6-2-1-3-8-10(6)11(13(16)19)15-20-8/h1-3,7H,4-5H2,(H,14,17,18). The molecular weight excluding hydrogens is 278 g/mol. The fourth-order valence-corrected chi connectivity index (χ4v) is 3.57. The van der Waals surface area contributed by atoms with Crippen LogP contribution in [-0.4, -0.2) is 28.1 Å². The van der Waals surface area contributed by atoms with Crippen LogP contribution in [0.2, 0.25) is 0 Å². The molecule has 1 aromatic heterocycles. The lowest BCUT2D eigenvalue weighted by Crippen LogP contribution is -2.53. The quantitative estimate of drug-likeness (QED) is 0.795. The molecule has 1 saturated heterocycles. The van der Waals surface area contributed by atoms with E-state index in [4.69, 9.17) is 0 Å². The van der Waals surface area contributed by atoms with Gasteiger partial charge in [0.1, 0.15) is 6.04 Å². The molecule has 1 unspecified atom stereocenters. The van der Waals surface area contributed by atoms with Crippen LogP contribution in [0.5, 0.6) is 0 Å². The Hall–Kier alpha value is -2.28. The van der Waals surface area contributed by atoms with Gasteiger partial charge in [-0.05, 0) is 30.1 Å². The number of hydrogen-bond donors (Lipinski definition) is 1. The first kappa shape index (κ1) is 11.5. The van der Waals surface area contributed by atoms with E-state index in [0.29, 0.717) is 17.8 Å². The van der Waals surface area contributed by atoms with E-state index in [1.807, 2.05) is 18.2 Å². The summed E-state index contributed by atoms with van der Waals surface area (Å²) in [5.41, 5.74) is 1.12. The number of benzene rings is 1. The van der Waals surface area contributed by atoms with Crippen molar-refractivity contribution in [2.75, 3.05) is 4.90 Å². The summed E-state index contributed by atoms with van der Waals surface area (Å²) in [5, 5.41) is 3.10. The third kappa shape index (κ3) is 1.38. The molecule has 1 fully saturated rings. The first-order valence-electron chi connectivity index (χ1n) is 6.22. The molecule has 6 nitrogen and oxygen atoms in total. The SMILES string of the molecule is O=C1CCC(N2C(=O)c3nsc4cccc2c34)C(=O)N1. The van der Waals surface area contributed by atoms with Crippen molar-refractivity contribution in [3.8, 4) is 0 Å². The van der Waals surface area contributed by atoms with Crippen LogP contribution in [0.4, 0.5) is 5.69 Å². The second kappa shape index (κ2) is 3.86. The minimum atomic E-state index is -0.634. The number of carbonyl (C=O) groups is 3. The van der Waals surface area contributed by atoms with Gasteiger partial charge in [0.05, 0.1) is 10.4 Å². The maximum atomic E-state index is 12.5. The van der Waals surface area contributed by atoms with Crippen molar-refractivity contribution in [3.63, 3.8) is 0 Å². The topological polar surface area (TPSA) is 79.4 Å². The van der Waals surface area contributed by atoms with E-state index in [0.717, 1.165) is 10.1 Å². The zero-order chi connectivity index (χ0) is 13.9. The molecule has 0 radical (unpaired) electrons. The predicted molar refractivity (Wildman–Crippen MR) is 72.6 cm³/mol. The third-order valence-corrected chi connectivity index (χ3v) is 4.49. The lowest BCUT2D eigenvalue weighted by molar-refractivity contribution is -0.134. The Balaban J connectivity index is 1.83. The van der Waals surface area contributed by atoms with Crippen LogP contribution < -0.4 is 10.2 Å². The van der Waals surface area contributed by atoms with Crippen molar-refractivity contribution in [1.82, 2.24) is 9.69 Å². The second-order valence-corrected chi connectivity index (χ2v) is 5.63. The van der Waals surface area contributed by atoms with Crippen LogP contribution in [0.25, 0.3) is 10.1 Å². The summed E-state index contributed by atoms with van der Waals surface area (Å²) in [6.07, 6.45) is 0.594. The Morgan fingerprint density at radius 2 is 2.15 bits per heavy atom. The van der Waals surface area contributed by atoms with E-state index in [-0.39, 0.29) is 18.2 Å². The maximum Gasteiger partial charge on any atom is 0.279 e. The van der Waals surface area contributed by atoms with Crippen molar-refractivity contribution in [3.05, 3.63) is 23.9 Å². The average molecular weight is 287 g/mol. The molecule has 0 aliphatic carbocycles. The molecule has 4 rings (SSSR count). The minimum Gasteiger partial charge on any atom is -0.295 e. The third-order valence-electron chi connectivity index (χ3n) is 3.68. The molecule has 1 N–H and O–H groups in total. The van der Waals surface area contributed by atoms with Crippen LogP contribution in [0.3, 0.4) is 0 Å². The monoisotopic (exact) mass is 287 g/mol. The van der Waals surface area contributed by atoms with Crippen LogP contribution in [-0.2, 0) is 9.59 Å². The van der Waals surface area contributed by atoms with Crippen molar-refractivity contribution in [2.24, 2.45) is 0 Å². The number of amides is 3. The summed E-state index contributed by atoms with van der Waals surface area (Å²) in [4.78, 5) is 37.2. The summed E-state index contributed by atoms with van der Waals surface area (Å²) < 4.78 is 5.11. The van der Waals surface area contributed by atoms with Crippen molar-refractivity contribution < 1.29 is 14.4 Å². The minimum absolute atomic E-state index is 0.246. The molecule has 0 saturated carbocycles. The fraction of sp³-hybridized carbons (Fsp3) is 0.231. The number of carbonyl (C=O) groups excluding carboxylic acids is 3. The summed E-state index contributed by atoms with van der Waals surface area (Å²) in [6, 6.07) is 4.93. The molecule has 0 spiro atoms. The molecular formula is C13H9N3O3S. The molecule has 3 heterocycles. The van der Waals surface area contributed by atoms with Crippen molar-refractivity contribution >= 4 is 45.0 Å². The molecule has 100 valence electrons. The molecule has 2 aliphatic heterocycles. The van der Waals surface area contributed by atoms with Crippen molar-refractivity contribution in [1.29, 1.82) is 0 Å². The van der Waals surface area contributed by atoms with Gasteiger partial charge in [0.2, 0.25) is 11.8 Å². The average Bonchev–Trinajstić information content (AvgIpc) is 2.96. The van der Waals surface area contributed by atoms with Crippen LogP contribution in [0.15, 0.2) is 18.2 Å². The van der Waals surface area contributed by atoms with E-state index in [1.165, 1.54) is 16.4 Å². The Morgan fingerprint density at radius 3 is 2.95 bits per heavy atom.